The second-order valence-corrected chi connectivity index (χ2v) is 4.69. The Morgan fingerprint density at radius 1 is 1.25 bits per heavy atom. The van der Waals surface area contributed by atoms with Gasteiger partial charge in [-0.25, -0.2) is 4.98 Å². The number of pyridine rings is 2. The molecular weight excluding hydrogens is 252 g/mol. The maximum absolute atomic E-state index is 11.3. The van der Waals surface area contributed by atoms with E-state index in [4.69, 9.17) is 0 Å². The van der Waals surface area contributed by atoms with Gasteiger partial charge in [0.25, 0.3) is 0 Å². The first-order chi connectivity index (χ1) is 9.72. The molecule has 3 heterocycles. The third kappa shape index (κ3) is 1.84. The van der Waals surface area contributed by atoms with Crippen molar-refractivity contribution in [2.24, 2.45) is 0 Å². The molecule has 20 heavy (non-hydrogen) atoms. The zero-order chi connectivity index (χ0) is 14.1. The number of fused-ring (bicyclic) bond motifs is 1. The number of anilines is 1. The number of imidazole rings is 1. The summed E-state index contributed by atoms with van der Waals surface area (Å²) in [6, 6.07) is 7.70. The number of carbonyl (C=O) groups is 1. The number of hydrogen-bond donors (Lipinski definition) is 0. The van der Waals surface area contributed by atoms with Crippen LogP contribution in [0, 0.1) is 0 Å². The Labute approximate surface area is 116 Å². The van der Waals surface area contributed by atoms with Crippen molar-refractivity contribution < 1.29 is 4.79 Å². The van der Waals surface area contributed by atoms with Crippen LogP contribution >= 0.6 is 0 Å². The number of hydrogen-bond acceptors (Lipinski definition) is 4. The minimum atomic E-state index is 0.438. The summed E-state index contributed by atoms with van der Waals surface area (Å²) in [4.78, 5) is 21.9. The molecule has 0 radical (unpaired) electrons. The van der Waals surface area contributed by atoms with E-state index in [-0.39, 0.29) is 0 Å². The highest BCUT2D eigenvalue weighted by molar-refractivity contribution is 5.92. The lowest BCUT2D eigenvalue weighted by Crippen LogP contribution is -2.10. The lowest BCUT2D eigenvalue weighted by molar-refractivity contribution is 0.112. The summed E-state index contributed by atoms with van der Waals surface area (Å²) in [5, 5.41) is 0. The molecule has 3 rings (SSSR count). The van der Waals surface area contributed by atoms with Gasteiger partial charge in [0.2, 0.25) is 0 Å². The normalized spacial score (nSPS) is 10.7. The Balaban J connectivity index is 2.36. The van der Waals surface area contributed by atoms with Gasteiger partial charge in [-0.1, -0.05) is 0 Å². The minimum absolute atomic E-state index is 0.438. The summed E-state index contributed by atoms with van der Waals surface area (Å²) in [7, 11) is 3.89. The number of rotatable bonds is 3. The molecule has 100 valence electrons. The van der Waals surface area contributed by atoms with E-state index < -0.39 is 0 Å². The van der Waals surface area contributed by atoms with Crippen LogP contribution in [0.15, 0.2) is 42.9 Å². The average molecular weight is 266 g/mol. The molecule has 0 unspecified atom stereocenters. The number of carbonyl (C=O) groups excluding carboxylic acids is 1. The maximum atomic E-state index is 11.3. The first-order valence-corrected chi connectivity index (χ1v) is 6.26. The van der Waals surface area contributed by atoms with Gasteiger partial charge in [-0.15, -0.1) is 0 Å². The number of aldehydes is 1. The summed E-state index contributed by atoms with van der Waals surface area (Å²) in [5.74, 6) is 0.721. The molecule has 0 aromatic carbocycles. The lowest BCUT2D eigenvalue weighted by atomic mass is 10.2. The minimum Gasteiger partial charge on any atom is -0.376 e. The lowest BCUT2D eigenvalue weighted by Gasteiger charge is -2.14. The van der Waals surface area contributed by atoms with Crippen molar-refractivity contribution in [1.82, 2.24) is 14.4 Å². The van der Waals surface area contributed by atoms with E-state index in [1.54, 1.807) is 12.4 Å². The van der Waals surface area contributed by atoms with Crippen molar-refractivity contribution in [1.29, 1.82) is 0 Å². The highest BCUT2D eigenvalue weighted by atomic mass is 16.1. The fraction of sp³-hybridized carbons (Fsp3) is 0.133. The van der Waals surface area contributed by atoms with Gasteiger partial charge >= 0.3 is 0 Å². The number of aromatic nitrogens is 3. The molecule has 0 saturated heterocycles. The van der Waals surface area contributed by atoms with Gasteiger partial charge in [-0.2, -0.15) is 0 Å². The average Bonchev–Trinajstić information content (AvgIpc) is 2.86. The largest absolute Gasteiger partial charge is 0.376 e. The summed E-state index contributed by atoms with van der Waals surface area (Å²) in [6.45, 7) is 0. The Morgan fingerprint density at radius 3 is 2.75 bits per heavy atom. The van der Waals surface area contributed by atoms with Crippen molar-refractivity contribution in [3.05, 3.63) is 48.5 Å². The zero-order valence-electron chi connectivity index (χ0n) is 11.3. The van der Waals surface area contributed by atoms with Crippen LogP contribution in [0.1, 0.15) is 10.5 Å². The molecule has 5 nitrogen and oxygen atoms in total. The van der Waals surface area contributed by atoms with Gasteiger partial charge in [0.15, 0.2) is 6.29 Å². The van der Waals surface area contributed by atoms with Gasteiger partial charge < -0.3 is 4.90 Å². The summed E-state index contributed by atoms with van der Waals surface area (Å²) in [5.41, 5.74) is 3.09. The van der Waals surface area contributed by atoms with Crippen molar-refractivity contribution in [3.8, 4) is 11.4 Å². The standard InChI is InChI=1S/C15H14N4O/c1-18(2)13-6-4-8-19-14(13)12(10-20)17-15(19)11-5-3-7-16-9-11/h3-10H,1-2H3. The Hall–Kier alpha value is -2.69. The predicted molar refractivity (Wildman–Crippen MR) is 78.1 cm³/mol. The van der Waals surface area contributed by atoms with E-state index in [1.807, 2.05) is 53.9 Å². The molecule has 0 amide bonds. The predicted octanol–water partition coefficient (Wildman–Crippen LogP) is 2.27. The van der Waals surface area contributed by atoms with E-state index >= 15 is 0 Å². The van der Waals surface area contributed by atoms with E-state index in [9.17, 15) is 4.79 Å². The highest BCUT2D eigenvalue weighted by Gasteiger charge is 2.16. The smallest absolute Gasteiger partial charge is 0.170 e. The van der Waals surface area contributed by atoms with Gasteiger partial charge in [0.05, 0.1) is 11.2 Å². The Morgan fingerprint density at radius 2 is 2.10 bits per heavy atom. The third-order valence-electron chi connectivity index (χ3n) is 3.18. The highest BCUT2D eigenvalue weighted by Crippen LogP contribution is 2.27. The van der Waals surface area contributed by atoms with Gasteiger partial charge in [0.1, 0.15) is 11.5 Å². The molecule has 0 N–H and O–H groups in total. The van der Waals surface area contributed by atoms with Crippen molar-refractivity contribution >= 4 is 17.5 Å². The molecule has 0 bridgehead atoms. The van der Waals surface area contributed by atoms with E-state index in [2.05, 4.69) is 9.97 Å². The first-order valence-electron chi connectivity index (χ1n) is 6.26. The first kappa shape index (κ1) is 12.3. The van der Waals surface area contributed by atoms with Crippen molar-refractivity contribution in [3.63, 3.8) is 0 Å². The second kappa shape index (κ2) is 4.77. The SMILES string of the molecule is CN(C)c1cccn2c(-c3cccnc3)nc(C=O)c12. The summed E-state index contributed by atoms with van der Waals surface area (Å²) >= 11 is 0. The Kier molecular flexibility index (Phi) is 2.95. The van der Waals surface area contributed by atoms with Crippen molar-refractivity contribution in [2.75, 3.05) is 19.0 Å². The molecule has 0 atom stereocenters. The molecular formula is C15H14N4O. The van der Waals surface area contributed by atoms with Crippen molar-refractivity contribution in [2.45, 2.75) is 0 Å². The molecule has 3 aromatic rings. The molecule has 0 aliphatic carbocycles. The fourth-order valence-corrected chi connectivity index (χ4v) is 2.29. The Bertz CT molecular complexity index is 762. The van der Waals surface area contributed by atoms with Crippen LogP contribution in [0.25, 0.3) is 16.9 Å². The van der Waals surface area contributed by atoms with Crippen LogP contribution < -0.4 is 4.90 Å². The van der Waals surface area contributed by atoms with E-state index in [1.165, 1.54) is 0 Å². The van der Waals surface area contributed by atoms with Gasteiger partial charge in [-0.05, 0) is 24.3 Å². The van der Waals surface area contributed by atoms with Crippen LogP contribution in [-0.4, -0.2) is 34.8 Å². The van der Waals surface area contributed by atoms with E-state index in [0.29, 0.717) is 5.69 Å². The molecule has 0 aliphatic heterocycles. The van der Waals surface area contributed by atoms with Gasteiger partial charge in [0, 0.05) is 38.2 Å². The van der Waals surface area contributed by atoms with Crippen LogP contribution in [-0.2, 0) is 0 Å². The van der Waals surface area contributed by atoms with E-state index in [0.717, 1.165) is 28.9 Å². The zero-order valence-corrected chi connectivity index (χ0v) is 11.3. The summed E-state index contributed by atoms with van der Waals surface area (Å²) < 4.78 is 1.93. The quantitative estimate of drug-likeness (QED) is 0.682. The molecule has 3 aromatic heterocycles. The maximum Gasteiger partial charge on any atom is 0.170 e. The van der Waals surface area contributed by atoms with Crippen LogP contribution in [0.2, 0.25) is 0 Å². The molecule has 0 saturated carbocycles. The molecule has 5 heteroatoms. The third-order valence-corrected chi connectivity index (χ3v) is 3.18. The summed E-state index contributed by atoms with van der Waals surface area (Å²) in [6.07, 6.45) is 6.16. The van der Waals surface area contributed by atoms with Crippen LogP contribution in [0.3, 0.4) is 0 Å². The fourth-order valence-electron chi connectivity index (χ4n) is 2.29. The second-order valence-electron chi connectivity index (χ2n) is 4.69. The number of nitrogens with zero attached hydrogens (tertiary/aromatic N) is 4. The van der Waals surface area contributed by atoms with Crippen LogP contribution in [0.4, 0.5) is 5.69 Å². The van der Waals surface area contributed by atoms with Gasteiger partial charge in [-0.3, -0.25) is 14.2 Å². The molecule has 0 aliphatic rings. The topological polar surface area (TPSA) is 50.5 Å². The molecule has 0 fully saturated rings. The monoisotopic (exact) mass is 266 g/mol. The molecule has 0 spiro atoms. The van der Waals surface area contributed by atoms with Crippen LogP contribution in [0.5, 0.6) is 0 Å².